The standard InChI is InChI=1S/C30H20N4O3S/c1-31-23-17-13-21(14-18-23)28-29(22-15-19-24(32-2)20-16-22)34(25-9-5-4-6-10-25)30(33-28)26-11-7-8-12-27(26)37-38(3,35)36/h4-20H,3H3. The molecule has 0 saturated carbocycles. The molecule has 8 heteroatoms. The molecule has 0 aliphatic carbocycles. The summed E-state index contributed by atoms with van der Waals surface area (Å²) in [5, 5.41) is 0. The Morgan fingerprint density at radius 3 is 1.87 bits per heavy atom. The minimum atomic E-state index is -3.80. The average Bonchev–Trinajstić information content (AvgIpc) is 3.33. The molecule has 0 aliphatic heterocycles. The zero-order valence-electron chi connectivity index (χ0n) is 20.2. The highest BCUT2D eigenvalue weighted by molar-refractivity contribution is 7.86. The third-order valence-corrected chi connectivity index (χ3v) is 6.28. The Kier molecular flexibility index (Phi) is 6.49. The van der Waals surface area contributed by atoms with E-state index >= 15 is 0 Å². The largest absolute Gasteiger partial charge is 0.382 e. The van der Waals surface area contributed by atoms with Crippen LogP contribution in [-0.2, 0) is 10.1 Å². The normalized spacial score (nSPS) is 10.9. The molecule has 0 fully saturated rings. The molecule has 0 unspecified atom stereocenters. The maximum absolute atomic E-state index is 12.1. The van der Waals surface area contributed by atoms with E-state index in [2.05, 4.69) is 9.69 Å². The summed E-state index contributed by atoms with van der Waals surface area (Å²) in [6.07, 6.45) is 1.00. The van der Waals surface area contributed by atoms with Crippen LogP contribution < -0.4 is 4.18 Å². The molecule has 184 valence electrons. The first kappa shape index (κ1) is 24.5. The summed E-state index contributed by atoms with van der Waals surface area (Å²) in [6, 6.07) is 30.8. The second-order valence-electron chi connectivity index (χ2n) is 8.40. The molecule has 0 radical (unpaired) electrons. The van der Waals surface area contributed by atoms with Crippen LogP contribution >= 0.6 is 0 Å². The van der Waals surface area contributed by atoms with Crippen molar-refractivity contribution in [1.29, 1.82) is 0 Å². The lowest BCUT2D eigenvalue weighted by molar-refractivity contribution is 0.493. The van der Waals surface area contributed by atoms with Gasteiger partial charge in [0.15, 0.2) is 17.1 Å². The summed E-state index contributed by atoms with van der Waals surface area (Å²) in [7, 11) is -3.80. The third kappa shape index (κ3) is 4.90. The van der Waals surface area contributed by atoms with Gasteiger partial charge >= 0.3 is 10.1 Å². The summed E-state index contributed by atoms with van der Waals surface area (Å²) in [5.74, 6) is 0.631. The number of aromatic nitrogens is 2. The van der Waals surface area contributed by atoms with Crippen molar-refractivity contribution in [2.24, 2.45) is 0 Å². The second-order valence-corrected chi connectivity index (χ2v) is 9.98. The maximum atomic E-state index is 12.1. The molecule has 1 aromatic heterocycles. The van der Waals surface area contributed by atoms with Crippen molar-refractivity contribution < 1.29 is 12.6 Å². The Bertz CT molecular complexity index is 1810. The van der Waals surface area contributed by atoms with Crippen LogP contribution in [0, 0.1) is 13.1 Å². The van der Waals surface area contributed by atoms with Gasteiger partial charge < -0.3 is 4.18 Å². The highest BCUT2D eigenvalue weighted by Gasteiger charge is 2.25. The molecular weight excluding hydrogens is 496 g/mol. The van der Waals surface area contributed by atoms with Gasteiger partial charge in [0.2, 0.25) is 0 Å². The van der Waals surface area contributed by atoms with Crippen LogP contribution in [0.25, 0.3) is 49.3 Å². The Morgan fingerprint density at radius 1 is 0.737 bits per heavy atom. The van der Waals surface area contributed by atoms with Gasteiger partial charge in [-0.25, -0.2) is 14.7 Å². The highest BCUT2D eigenvalue weighted by atomic mass is 32.2. The van der Waals surface area contributed by atoms with E-state index in [1.54, 1.807) is 48.5 Å². The maximum Gasteiger partial charge on any atom is 0.306 e. The zero-order chi connectivity index (χ0) is 26.7. The van der Waals surface area contributed by atoms with E-state index in [4.69, 9.17) is 22.3 Å². The van der Waals surface area contributed by atoms with E-state index in [0.29, 0.717) is 28.5 Å². The topological polar surface area (TPSA) is 69.9 Å². The molecule has 0 atom stereocenters. The molecule has 38 heavy (non-hydrogen) atoms. The summed E-state index contributed by atoms with van der Waals surface area (Å²) >= 11 is 0. The molecule has 5 rings (SSSR count). The van der Waals surface area contributed by atoms with Gasteiger partial charge in [-0.05, 0) is 35.4 Å². The quantitative estimate of drug-likeness (QED) is 0.175. The van der Waals surface area contributed by atoms with Crippen LogP contribution in [0.1, 0.15) is 0 Å². The van der Waals surface area contributed by atoms with E-state index < -0.39 is 10.1 Å². The summed E-state index contributed by atoms with van der Waals surface area (Å²) in [4.78, 5) is 12.0. The number of hydrogen-bond donors (Lipinski definition) is 0. The molecule has 0 amide bonds. The highest BCUT2D eigenvalue weighted by Crippen LogP contribution is 2.41. The number of rotatable bonds is 6. The molecule has 5 aromatic rings. The van der Waals surface area contributed by atoms with Crippen LogP contribution in [0.4, 0.5) is 11.4 Å². The minimum Gasteiger partial charge on any atom is -0.382 e. The fraction of sp³-hybridized carbons (Fsp3) is 0.0333. The van der Waals surface area contributed by atoms with Gasteiger partial charge in [0.25, 0.3) is 0 Å². The molecule has 0 spiro atoms. The van der Waals surface area contributed by atoms with E-state index in [9.17, 15) is 8.42 Å². The lowest BCUT2D eigenvalue weighted by Gasteiger charge is -2.15. The van der Waals surface area contributed by atoms with Crippen LogP contribution in [0.15, 0.2) is 103 Å². The number of para-hydroxylation sites is 2. The van der Waals surface area contributed by atoms with Gasteiger partial charge in [-0.3, -0.25) is 4.57 Å². The average molecular weight is 517 g/mol. The predicted molar refractivity (Wildman–Crippen MR) is 148 cm³/mol. The monoisotopic (exact) mass is 516 g/mol. The van der Waals surface area contributed by atoms with Crippen LogP contribution in [-0.4, -0.2) is 24.2 Å². The first-order valence-corrected chi connectivity index (χ1v) is 13.3. The number of benzene rings is 4. The van der Waals surface area contributed by atoms with Crippen LogP contribution in [0.3, 0.4) is 0 Å². The van der Waals surface area contributed by atoms with Gasteiger partial charge in [0, 0.05) is 5.69 Å². The molecule has 7 nitrogen and oxygen atoms in total. The van der Waals surface area contributed by atoms with Crippen molar-refractivity contribution in [2.45, 2.75) is 0 Å². The van der Waals surface area contributed by atoms with Gasteiger partial charge in [-0.1, -0.05) is 78.9 Å². The molecule has 0 saturated heterocycles. The minimum absolute atomic E-state index is 0.155. The fourth-order valence-corrected chi connectivity index (χ4v) is 4.64. The second kappa shape index (κ2) is 10.1. The van der Waals surface area contributed by atoms with Crippen molar-refractivity contribution >= 4 is 21.5 Å². The van der Waals surface area contributed by atoms with Gasteiger partial charge in [-0.2, -0.15) is 8.42 Å². The Balaban J connectivity index is 1.88. The Hall–Kier alpha value is -5.18. The van der Waals surface area contributed by atoms with E-state index in [1.807, 2.05) is 59.2 Å². The molecule has 0 N–H and O–H groups in total. The summed E-state index contributed by atoms with van der Waals surface area (Å²) in [6.45, 7) is 14.7. The van der Waals surface area contributed by atoms with Crippen molar-refractivity contribution in [3.05, 3.63) is 126 Å². The van der Waals surface area contributed by atoms with Gasteiger partial charge in [0.1, 0.15) is 5.82 Å². The van der Waals surface area contributed by atoms with Crippen LogP contribution in [0.2, 0.25) is 0 Å². The van der Waals surface area contributed by atoms with Crippen molar-refractivity contribution in [3.63, 3.8) is 0 Å². The smallest absolute Gasteiger partial charge is 0.306 e. The van der Waals surface area contributed by atoms with Crippen LogP contribution in [0.5, 0.6) is 5.75 Å². The summed E-state index contributed by atoms with van der Waals surface area (Å²) < 4.78 is 31.5. The molecule has 4 aromatic carbocycles. The zero-order valence-corrected chi connectivity index (χ0v) is 21.1. The number of nitrogens with zero attached hydrogens (tertiary/aromatic N) is 4. The Morgan fingerprint density at radius 2 is 1.29 bits per heavy atom. The SMILES string of the molecule is [C-]#[N+]c1ccc(-c2nc(-c3ccccc3OS(C)(=O)=O)n(-c3ccccc3)c2-c2ccc([N+]#[C-])cc2)cc1. The van der Waals surface area contributed by atoms with E-state index in [-0.39, 0.29) is 5.75 Å². The van der Waals surface area contributed by atoms with Gasteiger partial charge in [0.05, 0.1) is 36.4 Å². The van der Waals surface area contributed by atoms with Crippen molar-refractivity contribution in [2.75, 3.05) is 6.26 Å². The predicted octanol–water partition coefficient (Wildman–Crippen LogP) is 7.31. The molecule has 0 aliphatic rings. The van der Waals surface area contributed by atoms with E-state index in [0.717, 1.165) is 28.8 Å². The van der Waals surface area contributed by atoms with Crippen molar-refractivity contribution in [1.82, 2.24) is 9.55 Å². The Labute approximate surface area is 221 Å². The van der Waals surface area contributed by atoms with Gasteiger partial charge in [-0.15, -0.1) is 0 Å². The lowest BCUT2D eigenvalue weighted by atomic mass is 10.0. The van der Waals surface area contributed by atoms with E-state index in [1.165, 1.54) is 0 Å². The molecular formula is C30H20N4O3S. The fourth-order valence-electron chi connectivity index (χ4n) is 4.17. The number of hydrogen-bond acceptors (Lipinski definition) is 4. The first-order valence-electron chi connectivity index (χ1n) is 11.5. The summed E-state index contributed by atoms with van der Waals surface area (Å²) in [5.41, 5.74) is 5.27. The number of imidazole rings is 1. The lowest BCUT2D eigenvalue weighted by Crippen LogP contribution is -2.08. The molecule has 0 bridgehead atoms. The van der Waals surface area contributed by atoms with Crippen molar-refractivity contribution in [3.8, 4) is 45.3 Å². The third-order valence-electron chi connectivity index (χ3n) is 5.80. The molecule has 1 heterocycles. The first-order chi connectivity index (χ1) is 18.4.